The Balaban J connectivity index is 1.92. The molecule has 0 aromatic heterocycles. The lowest BCUT2D eigenvalue weighted by molar-refractivity contribution is 0.414. The number of hydrogen-bond acceptors (Lipinski definition) is 1. The van der Waals surface area contributed by atoms with Crippen molar-refractivity contribution in [3.05, 3.63) is 65.5 Å². The average Bonchev–Trinajstić information content (AvgIpc) is 2.46. The highest BCUT2D eigenvalue weighted by Gasteiger charge is 2.08. The van der Waals surface area contributed by atoms with E-state index >= 15 is 0 Å². The highest BCUT2D eigenvalue weighted by Crippen LogP contribution is 2.26. The summed E-state index contributed by atoms with van der Waals surface area (Å²) in [6.07, 6.45) is 1.70. The summed E-state index contributed by atoms with van der Waals surface area (Å²) in [6, 6.07) is 14.3. The van der Waals surface area contributed by atoms with Gasteiger partial charge in [0.25, 0.3) is 0 Å². The summed E-state index contributed by atoms with van der Waals surface area (Å²) in [5.74, 6) is 0.618. The van der Waals surface area contributed by atoms with Gasteiger partial charge < -0.3 is 4.74 Å². The van der Waals surface area contributed by atoms with Crippen LogP contribution in [0.4, 0.5) is 4.39 Å². The van der Waals surface area contributed by atoms with E-state index in [4.69, 9.17) is 16.3 Å². The summed E-state index contributed by atoms with van der Waals surface area (Å²) in [5, 5.41) is -0.0947. The minimum Gasteiger partial charge on any atom is -0.497 e. The van der Waals surface area contributed by atoms with Crippen molar-refractivity contribution >= 4 is 11.6 Å². The van der Waals surface area contributed by atoms with Crippen LogP contribution in [0.25, 0.3) is 0 Å². The molecule has 0 spiro atoms. The topological polar surface area (TPSA) is 9.23 Å². The monoisotopic (exact) mass is 278 g/mol. The molecule has 0 fully saturated rings. The third kappa shape index (κ3) is 3.97. The fraction of sp³-hybridized carbons (Fsp3) is 0.250. The van der Waals surface area contributed by atoms with Gasteiger partial charge >= 0.3 is 0 Å². The van der Waals surface area contributed by atoms with Crippen molar-refractivity contribution in [3.8, 4) is 5.75 Å². The number of hydrogen-bond donors (Lipinski definition) is 0. The maximum atomic E-state index is 12.8. The fourth-order valence-electron chi connectivity index (χ4n) is 1.92. The Bertz CT molecular complexity index is 507. The van der Waals surface area contributed by atoms with Crippen LogP contribution in [-0.2, 0) is 6.42 Å². The van der Waals surface area contributed by atoms with Crippen LogP contribution in [0.3, 0.4) is 0 Å². The summed E-state index contributed by atoms with van der Waals surface area (Å²) in [6.45, 7) is 0. The van der Waals surface area contributed by atoms with E-state index < -0.39 is 0 Å². The fourth-order valence-corrected chi connectivity index (χ4v) is 2.18. The number of alkyl halides is 1. The Morgan fingerprint density at radius 2 is 1.68 bits per heavy atom. The van der Waals surface area contributed by atoms with E-state index in [1.165, 1.54) is 17.7 Å². The molecule has 0 aliphatic carbocycles. The van der Waals surface area contributed by atoms with Crippen LogP contribution < -0.4 is 4.74 Å². The molecule has 0 amide bonds. The Hall–Kier alpha value is -1.54. The smallest absolute Gasteiger partial charge is 0.123 e. The maximum Gasteiger partial charge on any atom is 0.123 e. The molecule has 1 nitrogen and oxygen atoms in total. The summed E-state index contributed by atoms with van der Waals surface area (Å²) in [7, 11) is 1.65. The van der Waals surface area contributed by atoms with Crippen LogP contribution in [0.15, 0.2) is 48.5 Å². The minimum atomic E-state index is -0.234. The van der Waals surface area contributed by atoms with Crippen molar-refractivity contribution in [2.75, 3.05) is 7.11 Å². The SMILES string of the molecule is COc1ccc(CCC(Cl)c2ccc(F)cc2)cc1. The Kier molecular flexibility index (Phi) is 4.80. The molecule has 0 aliphatic rings. The molecule has 1 unspecified atom stereocenters. The van der Waals surface area contributed by atoms with Gasteiger partial charge in [-0.05, 0) is 48.2 Å². The van der Waals surface area contributed by atoms with E-state index in [0.717, 1.165) is 24.2 Å². The summed E-state index contributed by atoms with van der Waals surface area (Å²) >= 11 is 6.32. The Morgan fingerprint density at radius 3 is 2.26 bits per heavy atom. The van der Waals surface area contributed by atoms with Crippen molar-refractivity contribution in [1.29, 1.82) is 0 Å². The molecule has 0 heterocycles. The summed E-state index contributed by atoms with van der Waals surface area (Å²) < 4.78 is 17.9. The van der Waals surface area contributed by atoms with Gasteiger partial charge in [0.05, 0.1) is 12.5 Å². The number of methoxy groups -OCH3 is 1. The lowest BCUT2D eigenvalue weighted by Gasteiger charge is -2.10. The summed E-state index contributed by atoms with van der Waals surface area (Å²) in [4.78, 5) is 0. The van der Waals surface area contributed by atoms with E-state index in [1.54, 1.807) is 19.2 Å². The highest BCUT2D eigenvalue weighted by atomic mass is 35.5. The number of halogens is 2. The van der Waals surface area contributed by atoms with Gasteiger partial charge in [0.15, 0.2) is 0 Å². The van der Waals surface area contributed by atoms with Crippen LogP contribution >= 0.6 is 11.6 Å². The second-order valence-electron chi connectivity index (χ2n) is 4.41. The second kappa shape index (κ2) is 6.58. The molecule has 2 aromatic rings. The van der Waals surface area contributed by atoms with Gasteiger partial charge in [0.2, 0.25) is 0 Å². The largest absolute Gasteiger partial charge is 0.497 e. The zero-order chi connectivity index (χ0) is 13.7. The molecular weight excluding hydrogens is 263 g/mol. The van der Waals surface area contributed by atoms with Crippen molar-refractivity contribution in [1.82, 2.24) is 0 Å². The zero-order valence-electron chi connectivity index (χ0n) is 10.8. The molecule has 0 saturated heterocycles. The molecule has 0 N–H and O–H groups in total. The van der Waals surface area contributed by atoms with Gasteiger partial charge in [-0.3, -0.25) is 0 Å². The van der Waals surface area contributed by atoms with Gasteiger partial charge in [-0.1, -0.05) is 24.3 Å². The Morgan fingerprint density at radius 1 is 1.05 bits per heavy atom. The molecule has 0 bridgehead atoms. The lowest BCUT2D eigenvalue weighted by atomic mass is 10.0. The van der Waals surface area contributed by atoms with Crippen molar-refractivity contribution < 1.29 is 9.13 Å². The van der Waals surface area contributed by atoms with Gasteiger partial charge in [0.1, 0.15) is 11.6 Å². The second-order valence-corrected chi connectivity index (χ2v) is 4.93. The summed E-state index contributed by atoms with van der Waals surface area (Å²) in [5.41, 5.74) is 2.17. The number of ether oxygens (including phenoxy) is 1. The van der Waals surface area contributed by atoms with E-state index in [1.807, 2.05) is 24.3 Å². The third-order valence-electron chi connectivity index (χ3n) is 3.08. The standard InChI is InChI=1S/C16H16ClFO/c1-19-15-9-2-12(3-10-15)4-11-16(17)13-5-7-14(18)8-6-13/h2-3,5-10,16H,4,11H2,1H3. The van der Waals surface area contributed by atoms with Crippen molar-refractivity contribution in [2.24, 2.45) is 0 Å². The van der Waals surface area contributed by atoms with E-state index in [2.05, 4.69) is 0 Å². The first kappa shape index (κ1) is 13.9. The Labute approximate surface area is 118 Å². The molecule has 0 aliphatic heterocycles. The molecule has 100 valence electrons. The minimum absolute atomic E-state index is 0.0947. The van der Waals surface area contributed by atoms with E-state index in [9.17, 15) is 4.39 Å². The van der Waals surface area contributed by atoms with E-state index in [-0.39, 0.29) is 11.2 Å². The maximum absolute atomic E-state index is 12.8. The quantitative estimate of drug-likeness (QED) is 0.717. The van der Waals surface area contributed by atoms with Crippen molar-refractivity contribution in [3.63, 3.8) is 0 Å². The average molecular weight is 279 g/mol. The highest BCUT2D eigenvalue weighted by molar-refractivity contribution is 6.20. The molecule has 0 radical (unpaired) electrons. The van der Waals surface area contributed by atoms with Gasteiger partial charge in [-0.25, -0.2) is 4.39 Å². The lowest BCUT2D eigenvalue weighted by Crippen LogP contribution is -1.94. The molecule has 3 heteroatoms. The first-order chi connectivity index (χ1) is 9.19. The predicted octanol–water partition coefficient (Wildman–Crippen LogP) is 4.75. The number of benzene rings is 2. The molecular formula is C16H16ClFO. The molecule has 2 aromatic carbocycles. The molecule has 19 heavy (non-hydrogen) atoms. The van der Waals surface area contributed by atoms with Crippen LogP contribution in [-0.4, -0.2) is 7.11 Å². The van der Waals surface area contributed by atoms with Gasteiger partial charge in [-0.15, -0.1) is 11.6 Å². The first-order valence-corrected chi connectivity index (χ1v) is 6.65. The third-order valence-corrected chi connectivity index (χ3v) is 3.55. The van der Waals surface area contributed by atoms with Crippen LogP contribution in [0.2, 0.25) is 0 Å². The number of rotatable bonds is 5. The predicted molar refractivity (Wildman–Crippen MR) is 76.3 cm³/mol. The van der Waals surface area contributed by atoms with Crippen molar-refractivity contribution in [2.45, 2.75) is 18.2 Å². The molecule has 1 atom stereocenters. The van der Waals surface area contributed by atoms with Crippen LogP contribution in [0.1, 0.15) is 22.9 Å². The first-order valence-electron chi connectivity index (χ1n) is 6.21. The van der Waals surface area contributed by atoms with Gasteiger partial charge in [0, 0.05) is 0 Å². The molecule has 2 rings (SSSR count). The van der Waals surface area contributed by atoms with Crippen LogP contribution in [0, 0.1) is 5.82 Å². The normalized spacial score (nSPS) is 12.2. The van der Waals surface area contributed by atoms with Gasteiger partial charge in [-0.2, -0.15) is 0 Å². The zero-order valence-corrected chi connectivity index (χ0v) is 11.5. The number of aryl methyl sites for hydroxylation is 1. The van der Waals surface area contributed by atoms with Crippen LogP contribution in [0.5, 0.6) is 5.75 Å². The van der Waals surface area contributed by atoms with E-state index in [0.29, 0.717) is 0 Å². The molecule has 0 saturated carbocycles.